The van der Waals surface area contributed by atoms with Gasteiger partial charge >= 0.3 is 5.97 Å². The first-order valence-corrected chi connectivity index (χ1v) is 3.82. The molecule has 6 heteroatoms. The highest BCUT2D eigenvalue weighted by molar-refractivity contribution is 5.90. The number of rotatable bonds is 2. The zero-order valence-electron chi connectivity index (χ0n) is 7.94. The summed E-state index contributed by atoms with van der Waals surface area (Å²) in [5.74, 6) is -6.19. The van der Waals surface area contributed by atoms with Crippen LogP contribution in [0, 0.1) is 17.5 Å². The maximum absolute atomic E-state index is 13.2. The van der Waals surface area contributed by atoms with Gasteiger partial charge in [-0.3, -0.25) is 0 Å². The Bertz CT molecular complexity index is 404. The first-order valence-electron chi connectivity index (χ1n) is 3.82. The van der Waals surface area contributed by atoms with E-state index in [1.807, 2.05) is 0 Å². The summed E-state index contributed by atoms with van der Waals surface area (Å²) in [5.41, 5.74) is -1.07. The summed E-state index contributed by atoms with van der Waals surface area (Å²) in [4.78, 5) is 10.9. The van der Waals surface area contributed by atoms with Crippen molar-refractivity contribution in [3.8, 4) is 5.75 Å². The summed E-state index contributed by atoms with van der Waals surface area (Å²) in [7, 11) is 1.98. The molecule has 0 spiro atoms. The predicted molar refractivity (Wildman–Crippen MR) is 44.2 cm³/mol. The monoisotopic (exact) mass is 220 g/mol. The van der Waals surface area contributed by atoms with E-state index in [-0.39, 0.29) is 0 Å². The second-order valence-electron chi connectivity index (χ2n) is 2.56. The van der Waals surface area contributed by atoms with Crippen LogP contribution in [-0.2, 0) is 4.74 Å². The first-order chi connectivity index (χ1) is 7.02. The standard InChI is InChI=1S/C9H7F3O3/c1-14-5-3-4(10)6(9(13)15-2)8(12)7(5)11/h3H,1-2H3. The van der Waals surface area contributed by atoms with Crippen LogP contribution in [-0.4, -0.2) is 20.2 Å². The molecule has 1 aromatic rings. The molecule has 0 unspecified atom stereocenters. The van der Waals surface area contributed by atoms with Crippen molar-refractivity contribution in [3.63, 3.8) is 0 Å². The Balaban J connectivity index is 3.42. The zero-order chi connectivity index (χ0) is 11.6. The highest BCUT2D eigenvalue weighted by atomic mass is 19.2. The molecule has 0 amide bonds. The number of esters is 1. The maximum Gasteiger partial charge on any atom is 0.343 e. The van der Waals surface area contributed by atoms with Crippen molar-refractivity contribution in [2.75, 3.05) is 14.2 Å². The van der Waals surface area contributed by atoms with Crippen LogP contribution in [0.3, 0.4) is 0 Å². The van der Waals surface area contributed by atoms with Crippen LogP contribution in [0.2, 0.25) is 0 Å². The van der Waals surface area contributed by atoms with E-state index < -0.39 is 34.7 Å². The average molecular weight is 220 g/mol. The van der Waals surface area contributed by atoms with Crippen LogP contribution < -0.4 is 4.74 Å². The third-order valence-corrected chi connectivity index (χ3v) is 1.73. The smallest absolute Gasteiger partial charge is 0.343 e. The molecule has 0 aliphatic carbocycles. The second-order valence-corrected chi connectivity index (χ2v) is 2.56. The van der Waals surface area contributed by atoms with Crippen molar-refractivity contribution in [3.05, 3.63) is 29.1 Å². The Labute approximate surface area is 83.4 Å². The molecule has 0 atom stereocenters. The number of hydrogen-bond acceptors (Lipinski definition) is 3. The van der Waals surface area contributed by atoms with Gasteiger partial charge in [0.05, 0.1) is 14.2 Å². The third kappa shape index (κ3) is 1.88. The van der Waals surface area contributed by atoms with Crippen molar-refractivity contribution in [2.24, 2.45) is 0 Å². The van der Waals surface area contributed by atoms with E-state index in [1.165, 1.54) is 0 Å². The molecule has 1 rings (SSSR count). The molecule has 0 bridgehead atoms. The van der Waals surface area contributed by atoms with Crippen LogP contribution in [0.15, 0.2) is 6.07 Å². The van der Waals surface area contributed by atoms with E-state index in [1.54, 1.807) is 0 Å². The molecule has 0 fully saturated rings. The highest BCUT2D eigenvalue weighted by Crippen LogP contribution is 2.25. The fraction of sp³-hybridized carbons (Fsp3) is 0.222. The van der Waals surface area contributed by atoms with Gasteiger partial charge in [0, 0.05) is 6.07 Å². The SMILES string of the molecule is COC(=O)c1c(F)cc(OC)c(F)c1F. The quantitative estimate of drug-likeness (QED) is 0.564. The number of benzene rings is 1. The highest BCUT2D eigenvalue weighted by Gasteiger charge is 2.24. The Hall–Kier alpha value is -1.72. The lowest BCUT2D eigenvalue weighted by molar-refractivity contribution is 0.0588. The first kappa shape index (κ1) is 11.4. The number of ether oxygens (including phenoxy) is 2. The minimum absolute atomic E-state index is 0.574. The molecule has 0 aromatic heterocycles. The minimum Gasteiger partial charge on any atom is -0.493 e. The number of carbonyl (C=O) groups excluding carboxylic acids is 1. The molecule has 15 heavy (non-hydrogen) atoms. The molecule has 0 aliphatic heterocycles. The van der Waals surface area contributed by atoms with Gasteiger partial charge in [-0.15, -0.1) is 0 Å². The number of hydrogen-bond donors (Lipinski definition) is 0. The lowest BCUT2D eigenvalue weighted by atomic mass is 10.2. The average Bonchev–Trinajstić information content (AvgIpc) is 2.23. The van der Waals surface area contributed by atoms with Gasteiger partial charge in [0.15, 0.2) is 11.6 Å². The molecule has 0 radical (unpaired) electrons. The maximum atomic E-state index is 13.2. The van der Waals surface area contributed by atoms with E-state index in [0.29, 0.717) is 6.07 Å². The summed E-state index contributed by atoms with van der Waals surface area (Å²) in [5, 5.41) is 0. The molecular weight excluding hydrogens is 213 g/mol. The zero-order valence-corrected chi connectivity index (χ0v) is 7.94. The predicted octanol–water partition coefficient (Wildman–Crippen LogP) is 1.90. The number of methoxy groups -OCH3 is 2. The van der Waals surface area contributed by atoms with Crippen LogP contribution >= 0.6 is 0 Å². The Morgan fingerprint density at radius 2 is 1.80 bits per heavy atom. The van der Waals surface area contributed by atoms with Gasteiger partial charge in [0.25, 0.3) is 0 Å². The Morgan fingerprint density at radius 1 is 1.20 bits per heavy atom. The molecule has 0 N–H and O–H groups in total. The Kier molecular flexibility index (Phi) is 3.18. The molecule has 3 nitrogen and oxygen atoms in total. The molecule has 0 aliphatic rings. The summed E-state index contributed by atoms with van der Waals surface area (Å²) in [6.45, 7) is 0. The fourth-order valence-corrected chi connectivity index (χ4v) is 1.01. The summed E-state index contributed by atoms with van der Waals surface area (Å²) in [6.07, 6.45) is 0. The molecule has 1 aromatic carbocycles. The molecule has 82 valence electrons. The molecule has 0 saturated heterocycles. The van der Waals surface area contributed by atoms with Crippen molar-refractivity contribution < 1.29 is 27.4 Å². The number of carbonyl (C=O) groups is 1. The van der Waals surface area contributed by atoms with Gasteiger partial charge in [0.1, 0.15) is 11.4 Å². The lowest BCUT2D eigenvalue weighted by Gasteiger charge is -2.07. The molecule has 0 heterocycles. The van der Waals surface area contributed by atoms with Gasteiger partial charge in [-0.1, -0.05) is 0 Å². The largest absolute Gasteiger partial charge is 0.493 e. The van der Waals surface area contributed by atoms with Crippen molar-refractivity contribution in [2.45, 2.75) is 0 Å². The van der Waals surface area contributed by atoms with Gasteiger partial charge in [0.2, 0.25) is 5.82 Å². The number of halogens is 3. The van der Waals surface area contributed by atoms with E-state index in [9.17, 15) is 18.0 Å². The van der Waals surface area contributed by atoms with E-state index in [2.05, 4.69) is 9.47 Å². The van der Waals surface area contributed by atoms with Crippen molar-refractivity contribution in [1.82, 2.24) is 0 Å². The fourth-order valence-electron chi connectivity index (χ4n) is 1.01. The van der Waals surface area contributed by atoms with Crippen molar-refractivity contribution in [1.29, 1.82) is 0 Å². The second kappa shape index (κ2) is 4.20. The minimum atomic E-state index is -1.63. The molecule has 0 saturated carbocycles. The van der Waals surface area contributed by atoms with Crippen LogP contribution in [0.4, 0.5) is 13.2 Å². The lowest BCUT2D eigenvalue weighted by Crippen LogP contribution is -2.10. The van der Waals surface area contributed by atoms with E-state index >= 15 is 0 Å². The van der Waals surface area contributed by atoms with E-state index in [0.717, 1.165) is 14.2 Å². The summed E-state index contributed by atoms with van der Waals surface area (Å²) >= 11 is 0. The normalized spacial score (nSPS) is 9.93. The third-order valence-electron chi connectivity index (χ3n) is 1.73. The van der Waals surface area contributed by atoms with Crippen LogP contribution in [0.1, 0.15) is 10.4 Å². The topological polar surface area (TPSA) is 35.5 Å². The van der Waals surface area contributed by atoms with Crippen molar-refractivity contribution >= 4 is 5.97 Å². The summed E-state index contributed by atoms with van der Waals surface area (Å²) < 4.78 is 47.8. The Morgan fingerprint density at radius 3 is 2.27 bits per heavy atom. The van der Waals surface area contributed by atoms with Gasteiger partial charge in [-0.25, -0.2) is 13.6 Å². The molecular formula is C9H7F3O3. The van der Waals surface area contributed by atoms with Gasteiger partial charge in [-0.05, 0) is 0 Å². The van der Waals surface area contributed by atoms with E-state index in [4.69, 9.17) is 0 Å². The summed E-state index contributed by atoms with van der Waals surface area (Å²) in [6, 6.07) is 0.574. The van der Waals surface area contributed by atoms with Crippen LogP contribution in [0.25, 0.3) is 0 Å². The van der Waals surface area contributed by atoms with Crippen LogP contribution in [0.5, 0.6) is 5.75 Å². The van der Waals surface area contributed by atoms with Gasteiger partial charge < -0.3 is 9.47 Å². The van der Waals surface area contributed by atoms with Gasteiger partial charge in [-0.2, -0.15) is 4.39 Å².